The number of aromatic nitrogens is 1. The second-order valence-electron chi connectivity index (χ2n) is 9.73. The van der Waals surface area contributed by atoms with E-state index in [0.29, 0.717) is 31.1 Å². The van der Waals surface area contributed by atoms with Crippen molar-refractivity contribution in [1.82, 2.24) is 4.98 Å². The van der Waals surface area contributed by atoms with Crippen molar-refractivity contribution in [3.05, 3.63) is 109 Å². The Bertz CT molecular complexity index is 1740. The Kier molecular flexibility index (Phi) is 6.99. The molecule has 3 unspecified atom stereocenters. The summed E-state index contributed by atoms with van der Waals surface area (Å²) in [6.07, 6.45) is -4.79. The molecular formula is C29H20ClF3N2O4S2. The number of benzene rings is 3. The van der Waals surface area contributed by atoms with Gasteiger partial charge in [0.1, 0.15) is 17.6 Å². The predicted octanol–water partition coefficient (Wildman–Crippen LogP) is 6.79. The van der Waals surface area contributed by atoms with E-state index in [0.717, 1.165) is 46.4 Å². The molecule has 1 aromatic heterocycles. The van der Waals surface area contributed by atoms with Gasteiger partial charge in [0.15, 0.2) is 0 Å². The topological polar surface area (TPSA) is 79.5 Å². The van der Waals surface area contributed by atoms with Gasteiger partial charge < -0.3 is 9.72 Å². The highest BCUT2D eigenvalue weighted by molar-refractivity contribution is 8.00. The van der Waals surface area contributed by atoms with Crippen LogP contribution in [0, 0.1) is 12.8 Å². The first kappa shape index (κ1) is 27.6. The maximum Gasteiger partial charge on any atom is 0.418 e. The number of H-pyrrole nitrogens is 1. The lowest BCUT2D eigenvalue weighted by molar-refractivity contribution is -0.137. The average Bonchev–Trinajstić information content (AvgIpc) is 3.42. The number of carbonyl (C=O) groups excluding carboxylic acids is 2. The Morgan fingerprint density at radius 1 is 1.00 bits per heavy atom. The SMILES string of the molecule is Cc1ccc(COc2ccc(Cl)cc2C2c3sc(=O)[nH]c3SC3C(=O)N(c4ccccc4C(F)(F)F)C(=O)C32)cc1. The largest absolute Gasteiger partial charge is 0.489 e. The molecule has 1 fully saturated rings. The van der Waals surface area contributed by atoms with Crippen LogP contribution in [-0.4, -0.2) is 22.0 Å². The Labute approximate surface area is 245 Å². The van der Waals surface area contributed by atoms with Crippen LogP contribution >= 0.6 is 34.7 Å². The summed E-state index contributed by atoms with van der Waals surface area (Å²) in [6.45, 7) is 2.16. The zero-order valence-electron chi connectivity index (χ0n) is 21.2. The van der Waals surface area contributed by atoms with Crippen molar-refractivity contribution < 1.29 is 27.5 Å². The second-order valence-corrected chi connectivity index (χ2v) is 12.3. The third kappa shape index (κ3) is 4.96. The van der Waals surface area contributed by atoms with Crippen LogP contribution in [-0.2, 0) is 22.4 Å². The van der Waals surface area contributed by atoms with Gasteiger partial charge in [-0.2, -0.15) is 13.2 Å². The van der Waals surface area contributed by atoms with Crippen LogP contribution in [0.2, 0.25) is 5.02 Å². The van der Waals surface area contributed by atoms with E-state index in [1.54, 1.807) is 18.2 Å². The molecule has 6 nitrogen and oxygen atoms in total. The quantitative estimate of drug-likeness (QED) is 0.250. The number of halogens is 4. The Morgan fingerprint density at radius 3 is 2.46 bits per heavy atom. The lowest BCUT2D eigenvalue weighted by atomic mass is 9.82. The molecule has 1 saturated heterocycles. The van der Waals surface area contributed by atoms with Gasteiger partial charge in [-0.3, -0.25) is 14.4 Å². The zero-order valence-corrected chi connectivity index (χ0v) is 23.6. The molecule has 6 rings (SSSR count). The lowest BCUT2D eigenvalue weighted by Gasteiger charge is -2.31. The van der Waals surface area contributed by atoms with Crippen molar-refractivity contribution in [3.63, 3.8) is 0 Å². The number of aromatic amines is 1. The van der Waals surface area contributed by atoms with Crippen LogP contribution in [0.15, 0.2) is 76.6 Å². The van der Waals surface area contributed by atoms with Crippen molar-refractivity contribution >= 4 is 52.2 Å². The van der Waals surface area contributed by atoms with E-state index in [4.69, 9.17) is 16.3 Å². The number of nitrogens with zero attached hydrogens (tertiary/aromatic N) is 1. The number of aryl methyl sites for hydroxylation is 1. The number of thiazole rings is 1. The van der Waals surface area contributed by atoms with Crippen LogP contribution in [0.3, 0.4) is 0 Å². The fourth-order valence-electron chi connectivity index (χ4n) is 5.24. The number of nitrogens with one attached hydrogen (secondary N) is 1. The molecule has 3 heterocycles. The zero-order chi connectivity index (χ0) is 29.1. The van der Waals surface area contributed by atoms with Gasteiger partial charge in [0.25, 0.3) is 0 Å². The summed E-state index contributed by atoms with van der Waals surface area (Å²) in [4.78, 5) is 43.6. The highest BCUT2D eigenvalue weighted by Crippen LogP contribution is 2.55. The van der Waals surface area contributed by atoms with Crippen molar-refractivity contribution in [2.24, 2.45) is 5.92 Å². The van der Waals surface area contributed by atoms with Crippen LogP contribution in [0.4, 0.5) is 18.9 Å². The van der Waals surface area contributed by atoms with Crippen molar-refractivity contribution in [2.75, 3.05) is 4.90 Å². The first-order chi connectivity index (χ1) is 19.5. The van der Waals surface area contributed by atoms with Gasteiger partial charge in [0, 0.05) is 21.4 Å². The summed E-state index contributed by atoms with van der Waals surface area (Å²) in [7, 11) is 0. The van der Waals surface area contributed by atoms with Crippen LogP contribution < -0.4 is 14.5 Å². The van der Waals surface area contributed by atoms with Crippen LogP contribution in [0.1, 0.15) is 33.0 Å². The molecule has 0 aliphatic carbocycles. The number of thioether (sulfide) groups is 1. The molecular weight excluding hydrogens is 597 g/mol. The first-order valence-corrected chi connectivity index (χ1v) is 14.5. The lowest BCUT2D eigenvalue weighted by Crippen LogP contribution is -2.33. The summed E-state index contributed by atoms with van der Waals surface area (Å²) in [6, 6.07) is 17.1. The number of imide groups is 1. The molecule has 2 aliphatic heterocycles. The van der Waals surface area contributed by atoms with E-state index in [9.17, 15) is 27.6 Å². The minimum Gasteiger partial charge on any atom is -0.489 e. The molecule has 0 saturated carbocycles. The minimum absolute atomic E-state index is 0.193. The van der Waals surface area contributed by atoms with Gasteiger partial charge >= 0.3 is 11.0 Å². The van der Waals surface area contributed by atoms with Gasteiger partial charge in [-0.15, -0.1) is 0 Å². The molecule has 2 amide bonds. The minimum atomic E-state index is -4.79. The summed E-state index contributed by atoms with van der Waals surface area (Å²) in [5.74, 6) is -3.16. The van der Waals surface area contributed by atoms with Gasteiger partial charge in [-0.1, -0.05) is 76.7 Å². The first-order valence-electron chi connectivity index (χ1n) is 12.4. The fraction of sp³-hybridized carbons (Fsp3) is 0.207. The van der Waals surface area contributed by atoms with Gasteiger partial charge in [-0.05, 0) is 42.8 Å². The molecule has 3 aromatic carbocycles. The Morgan fingerprint density at radius 2 is 1.73 bits per heavy atom. The standard InChI is InChI=1S/C29H20ClF3N2O4S2/c1-14-6-8-15(9-7-14)13-39-20-11-10-16(30)12-17(20)21-22-24(40-25-23(21)41-28(38)34-25)27(37)35(26(22)36)19-5-3-2-4-18(19)29(31,32)33/h2-12,21-22,24H,13H2,1H3,(H,34,38). The molecule has 12 heteroatoms. The summed E-state index contributed by atoms with van der Waals surface area (Å²) in [5.41, 5.74) is 0.825. The molecule has 0 radical (unpaired) electrons. The van der Waals surface area contributed by atoms with Gasteiger partial charge in [0.05, 0.1) is 22.2 Å². The number of amides is 2. The van der Waals surface area contributed by atoms with Gasteiger partial charge in [0.2, 0.25) is 11.8 Å². The maximum absolute atomic E-state index is 14.0. The van der Waals surface area contributed by atoms with E-state index in [-0.39, 0.29) is 11.5 Å². The molecule has 210 valence electrons. The van der Waals surface area contributed by atoms with E-state index in [1.165, 1.54) is 12.1 Å². The number of carbonyl (C=O) groups is 2. The van der Waals surface area contributed by atoms with E-state index in [2.05, 4.69) is 4.98 Å². The summed E-state index contributed by atoms with van der Waals surface area (Å²) < 4.78 is 47.9. The van der Waals surface area contributed by atoms with Crippen LogP contribution in [0.25, 0.3) is 0 Å². The maximum atomic E-state index is 14.0. The number of anilines is 1. The highest BCUT2D eigenvalue weighted by atomic mass is 35.5. The molecule has 0 spiro atoms. The van der Waals surface area contributed by atoms with E-state index < -0.39 is 46.3 Å². The molecule has 2 aliphatic rings. The third-order valence-corrected chi connectivity index (χ3v) is 9.73. The predicted molar refractivity (Wildman–Crippen MR) is 151 cm³/mol. The highest BCUT2D eigenvalue weighted by Gasteiger charge is 2.57. The van der Waals surface area contributed by atoms with Crippen LogP contribution in [0.5, 0.6) is 5.75 Å². The molecule has 3 atom stereocenters. The van der Waals surface area contributed by atoms with E-state index in [1.807, 2.05) is 31.2 Å². The Balaban J connectivity index is 1.46. The number of fused-ring (bicyclic) bond motifs is 2. The summed E-state index contributed by atoms with van der Waals surface area (Å²) in [5, 5.41) is -0.351. The smallest absolute Gasteiger partial charge is 0.418 e. The number of alkyl halides is 3. The van der Waals surface area contributed by atoms with E-state index >= 15 is 0 Å². The number of rotatable bonds is 5. The molecule has 1 N–H and O–H groups in total. The average molecular weight is 617 g/mol. The fourth-order valence-corrected chi connectivity index (χ4v) is 7.92. The monoisotopic (exact) mass is 616 g/mol. The van der Waals surface area contributed by atoms with Crippen molar-refractivity contribution in [2.45, 2.75) is 35.9 Å². The number of ether oxygens (including phenoxy) is 1. The molecule has 41 heavy (non-hydrogen) atoms. The van der Waals surface area contributed by atoms with Crippen molar-refractivity contribution in [3.8, 4) is 5.75 Å². The normalized spacial score (nSPS) is 20.2. The number of hydrogen-bond acceptors (Lipinski definition) is 6. The van der Waals surface area contributed by atoms with Gasteiger partial charge in [-0.25, -0.2) is 4.90 Å². The number of hydrogen-bond donors (Lipinski definition) is 1. The molecule has 4 aromatic rings. The summed E-state index contributed by atoms with van der Waals surface area (Å²) >= 11 is 8.26. The van der Waals surface area contributed by atoms with Crippen molar-refractivity contribution in [1.29, 1.82) is 0 Å². The molecule has 0 bridgehead atoms. The third-order valence-electron chi connectivity index (χ3n) is 7.10. The second kappa shape index (κ2) is 10.4. The Hall–Kier alpha value is -3.54. The number of para-hydroxylation sites is 1.